The molecule has 0 spiro atoms. The summed E-state index contributed by atoms with van der Waals surface area (Å²) in [6.45, 7) is 4.05. The third kappa shape index (κ3) is 1.70. The summed E-state index contributed by atoms with van der Waals surface area (Å²) in [5, 5.41) is 2.27. The number of hydrogen-bond donors (Lipinski definition) is 0. The molecule has 0 bridgehead atoms. The quantitative estimate of drug-likeness (QED) is 0.719. The van der Waals surface area contributed by atoms with Gasteiger partial charge in [0.05, 0.1) is 15.6 Å². The molecule has 0 atom stereocenters. The van der Waals surface area contributed by atoms with Crippen molar-refractivity contribution in [2.45, 2.75) is 20.3 Å². The largest absolute Gasteiger partial charge is 0.253 e. The van der Waals surface area contributed by atoms with Crippen molar-refractivity contribution in [2.75, 3.05) is 0 Å². The molecule has 2 aromatic rings. The summed E-state index contributed by atoms with van der Waals surface area (Å²) >= 11 is 12.4. The van der Waals surface area contributed by atoms with Gasteiger partial charge in [0.2, 0.25) is 0 Å². The summed E-state index contributed by atoms with van der Waals surface area (Å²) in [7, 11) is 0. The number of halogens is 2. The molecule has 0 N–H and O–H groups in total. The van der Waals surface area contributed by atoms with Crippen molar-refractivity contribution in [3.63, 3.8) is 0 Å². The van der Waals surface area contributed by atoms with E-state index in [4.69, 9.17) is 23.2 Å². The Bertz CT molecular complexity index is 521. The molecule has 2 rings (SSSR count). The summed E-state index contributed by atoms with van der Waals surface area (Å²) in [5.41, 5.74) is 2.93. The molecule has 1 aromatic heterocycles. The third-order valence-electron chi connectivity index (χ3n) is 2.55. The zero-order valence-electron chi connectivity index (χ0n) is 8.64. The Morgan fingerprint density at radius 1 is 1.27 bits per heavy atom. The molecule has 0 saturated carbocycles. The number of rotatable bonds is 1. The number of nitrogens with zero attached hydrogens (tertiary/aromatic N) is 1. The fraction of sp³-hybridized carbons (Fsp3) is 0.250. The average molecular weight is 240 g/mol. The minimum Gasteiger partial charge on any atom is -0.253 e. The van der Waals surface area contributed by atoms with Crippen LogP contribution in [-0.4, -0.2) is 4.98 Å². The Balaban J connectivity index is 2.92. The van der Waals surface area contributed by atoms with Crippen molar-refractivity contribution >= 4 is 34.1 Å². The second kappa shape index (κ2) is 3.99. The van der Waals surface area contributed by atoms with Gasteiger partial charge in [0.25, 0.3) is 0 Å². The van der Waals surface area contributed by atoms with E-state index >= 15 is 0 Å². The van der Waals surface area contributed by atoms with Gasteiger partial charge in [0.1, 0.15) is 0 Å². The van der Waals surface area contributed by atoms with Gasteiger partial charge in [-0.2, -0.15) is 0 Å². The molecule has 0 amide bonds. The van der Waals surface area contributed by atoms with Gasteiger partial charge in [0, 0.05) is 11.1 Å². The molecule has 1 heterocycles. The van der Waals surface area contributed by atoms with Gasteiger partial charge in [-0.05, 0) is 31.0 Å². The van der Waals surface area contributed by atoms with E-state index in [2.05, 4.69) is 11.9 Å². The van der Waals surface area contributed by atoms with Crippen LogP contribution in [0.2, 0.25) is 10.0 Å². The molecule has 1 nitrogen and oxygen atoms in total. The molecule has 0 unspecified atom stereocenters. The van der Waals surface area contributed by atoms with Crippen LogP contribution >= 0.6 is 23.2 Å². The van der Waals surface area contributed by atoms with Crippen LogP contribution in [0.5, 0.6) is 0 Å². The van der Waals surface area contributed by atoms with E-state index in [0.29, 0.717) is 5.02 Å². The number of benzene rings is 1. The van der Waals surface area contributed by atoms with Gasteiger partial charge in [0.15, 0.2) is 0 Å². The van der Waals surface area contributed by atoms with Crippen molar-refractivity contribution in [1.29, 1.82) is 0 Å². The Morgan fingerprint density at radius 2 is 2.00 bits per heavy atom. The lowest BCUT2D eigenvalue weighted by Crippen LogP contribution is -1.94. The van der Waals surface area contributed by atoms with Crippen LogP contribution in [0.15, 0.2) is 18.2 Å². The van der Waals surface area contributed by atoms with Crippen molar-refractivity contribution in [3.05, 3.63) is 39.5 Å². The number of fused-ring (bicyclic) bond motifs is 1. The SMILES string of the molecule is CCc1c(C)nc2cccc(Cl)c2c1Cl. The molecule has 1 aromatic carbocycles. The molecule has 0 saturated heterocycles. The summed E-state index contributed by atoms with van der Waals surface area (Å²) in [4.78, 5) is 4.50. The minimum absolute atomic E-state index is 0.666. The van der Waals surface area contributed by atoms with E-state index in [1.807, 2.05) is 25.1 Å². The number of pyridine rings is 1. The number of aryl methyl sites for hydroxylation is 1. The Kier molecular flexibility index (Phi) is 2.85. The molecule has 0 aliphatic rings. The van der Waals surface area contributed by atoms with Gasteiger partial charge in [-0.3, -0.25) is 4.98 Å². The highest BCUT2D eigenvalue weighted by atomic mass is 35.5. The molecule has 3 heteroatoms. The summed E-state index contributed by atoms with van der Waals surface area (Å²) in [5.74, 6) is 0. The Labute approximate surface area is 99.0 Å². The summed E-state index contributed by atoms with van der Waals surface area (Å²) in [6.07, 6.45) is 0.874. The highest BCUT2D eigenvalue weighted by Crippen LogP contribution is 2.33. The van der Waals surface area contributed by atoms with Gasteiger partial charge in [-0.15, -0.1) is 0 Å². The van der Waals surface area contributed by atoms with E-state index in [9.17, 15) is 0 Å². The highest BCUT2D eigenvalue weighted by molar-refractivity contribution is 6.42. The van der Waals surface area contributed by atoms with Crippen LogP contribution < -0.4 is 0 Å². The fourth-order valence-corrected chi connectivity index (χ4v) is 2.57. The van der Waals surface area contributed by atoms with E-state index in [1.165, 1.54) is 0 Å². The second-order valence-electron chi connectivity index (χ2n) is 3.48. The van der Waals surface area contributed by atoms with Crippen molar-refractivity contribution < 1.29 is 0 Å². The molecule has 0 aliphatic carbocycles. The second-order valence-corrected chi connectivity index (χ2v) is 4.26. The molecule has 0 fully saturated rings. The lowest BCUT2D eigenvalue weighted by Gasteiger charge is -2.09. The maximum atomic E-state index is 6.33. The van der Waals surface area contributed by atoms with Crippen molar-refractivity contribution in [1.82, 2.24) is 4.98 Å². The van der Waals surface area contributed by atoms with Crippen LogP contribution in [0.25, 0.3) is 10.9 Å². The molecule has 78 valence electrons. The monoisotopic (exact) mass is 239 g/mol. The van der Waals surface area contributed by atoms with Crippen molar-refractivity contribution in [2.24, 2.45) is 0 Å². The van der Waals surface area contributed by atoms with E-state index in [1.54, 1.807) is 0 Å². The first-order valence-electron chi connectivity index (χ1n) is 4.88. The summed E-state index contributed by atoms with van der Waals surface area (Å²) in [6, 6.07) is 5.66. The molecular formula is C12H11Cl2N. The van der Waals surface area contributed by atoms with Gasteiger partial charge in [-0.1, -0.05) is 36.2 Å². The smallest absolute Gasteiger partial charge is 0.0735 e. The minimum atomic E-state index is 0.666. The first-order chi connectivity index (χ1) is 7.15. The van der Waals surface area contributed by atoms with Gasteiger partial charge in [-0.25, -0.2) is 0 Å². The average Bonchev–Trinajstić information content (AvgIpc) is 2.17. The van der Waals surface area contributed by atoms with Gasteiger partial charge >= 0.3 is 0 Å². The predicted octanol–water partition coefficient (Wildman–Crippen LogP) is 4.41. The van der Waals surface area contributed by atoms with E-state index < -0.39 is 0 Å². The molecule has 15 heavy (non-hydrogen) atoms. The molecular weight excluding hydrogens is 229 g/mol. The predicted molar refractivity (Wildman–Crippen MR) is 65.9 cm³/mol. The van der Waals surface area contributed by atoms with Crippen LogP contribution in [0, 0.1) is 6.92 Å². The first-order valence-corrected chi connectivity index (χ1v) is 5.64. The van der Waals surface area contributed by atoms with Gasteiger partial charge < -0.3 is 0 Å². The zero-order chi connectivity index (χ0) is 11.0. The van der Waals surface area contributed by atoms with E-state index in [0.717, 1.165) is 33.6 Å². The number of hydrogen-bond acceptors (Lipinski definition) is 1. The van der Waals surface area contributed by atoms with Crippen LogP contribution in [-0.2, 0) is 6.42 Å². The van der Waals surface area contributed by atoms with Crippen molar-refractivity contribution in [3.8, 4) is 0 Å². The maximum Gasteiger partial charge on any atom is 0.0735 e. The zero-order valence-corrected chi connectivity index (χ0v) is 10.2. The first kappa shape index (κ1) is 10.7. The third-order valence-corrected chi connectivity index (χ3v) is 3.29. The standard InChI is InChI=1S/C12H11Cl2N/c1-3-8-7(2)15-10-6-4-5-9(13)11(10)12(8)14/h4-6H,3H2,1-2H3. The maximum absolute atomic E-state index is 6.33. The highest BCUT2D eigenvalue weighted by Gasteiger charge is 2.11. The van der Waals surface area contributed by atoms with Crippen LogP contribution in [0.1, 0.15) is 18.2 Å². The number of aromatic nitrogens is 1. The molecule has 0 radical (unpaired) electrons. The lowest BCUT2D eigenvalue weighted by atomic mass is 10.1. The lowest BCUT2D eigenvalue weighted by molar-refractivity contribution is 1.07. The Morgan fingerprint density at radius 3 is 2.67 bits per heavy atom. The van der Waals surface area contributed by atoms with Crippen LogP contribution in [0.3, 0.4) is 0 Å². The normalized spacial score (nSPS) is 10.9. The van der Waals surface area contributed by atoms with E-state index in [-0.39, 0.29) is 0 Å². The summed E-state index contributed by atoms with van der Waals surface area (Å²) < 4.78 is 0. The topological polar surface area (TPSA) is 12.9 Å². The fourth-order valence-electron chi connectivity index (χ4n) is 1.79. The molecule has 0 aliphatic heterocycles. The Hall–Kier alpha value is -0.790. The van der Waals surface area contributed by atoms with Crippen LogP contribution in [0.4, 0.5) is 0 Å².